The first-order valence-electron chi connectivity index (χ1n) is 9.23. The van der Waals surface area contributed by atoms with Gasteiger partial charge in [0.15, 0.2) is 11.5 Å². The van der Waals surface area contributed by atoms with Gasteiger partial charge in [0.25, 0.3) is 0 Å². The van der Waals surface area contributed by atoms with Crippen molar-refractivity contribution in [3.8, 4) is 11.5 Å². The third-order valence-corrected chi connectivity index (χ3v) is 4.84. The Morgan fingerprint density at radius 1 is 1.00 bits per heavy atom. The van der Waals surface area contributed by atoms with E-state index in [-0.39, 0.29) is 18.0 Å². The van der Waals surface area contributed by atoms with Crippen LogP contribution in [0.25, 0.3) is 0 Å². The lowest BCUT2D eigenvalue weighted by molar-refractivity contribution is 0.0697. The molecule has 0 saturated carbocycles. The summed E-state index contributed by atoms with van der Waals surface area (Å²) in [6, 6.07) is 16.3. The predicted octanol–water partition coefficient (Wildman–Crippen LogP) is 5.05. The molecule has 0 bridgehead atoms. The lowest BCUT2D eigenvalue weighted by Gasteiger charge is -2.14. The van der Waals surface area contributed by atoms with Crippen LogP contribution in [0.1, 0.15) is 27.0 Å². The van der Waals surface area contributed by atoms with Crippen molar-refractivity contribution in [3.63, 3.8) is 0 Å². The van der Waals surface area contributed by atoms with Gasteiger partial charge in [0.2, 0.25) is 0 Å². The summed E-state index contributed by atoms with van der Waals surface area (Å²) in [5.41, 5.74) is 2.88. The minimum atomic E-state index is -0.949. The van der Waals surface area contributed by atoms with Crippen molar-refractivity contribution < 1.29 is 23.8 Å². The van der Waals surface area contributed by atoms with Crippen LogP contribution in [0.3, 0.4) is 0 Å². The van der Waals surface area contributed by atoms with Gasteiger partial charge in [-0.1, -0.05) is 35.9 Å². The van der Waals surface area contributed by atoms with Crippen molar-refractivity contribution in [2.75, 3.05) is 7.11 Å². The number of hydrogen-bond acceptors (Lipinski definition) is 4. The highest BCUT2D eigenvalue weighted by molar-refractivity contribution is 6.31. The van der Waals surface area contributed by atoms with E-state index in [4.69, 9.17) is 26.2 Å². The number of hydrogen-bond donors (Lipinski definition) is 2. The summed E-state index contributed by atoms with van der Waals surface area (Å²) in [6.07, 6.45) is 0. The molecule has 0 aliphatic rings. The standard InChI is InChI=1S/C23H21ClFNO4/c1-29-21-10-18(13-26-12-15-2-6-17(7-3-15)23(27)28)20(24)11-22(21)30-14-16-4-8-19(25)9-5-16/h2-11,26H,12-14H2,1H3,(H,27,28). The molecule has 3 aromatic carbocycles. The summed E-state index contributed by atoms with van der Waals surface area (Å²) in [5.74, 6) is -0.201. The molecule has 3 rings (SSSR count). The van der Waals surface area contributed by atoms with Crippen LogP contribution in [0.2, 0.25) is 5.02 Å². The van der Waals surface area contributed by atoms with E-state index >= 15 is 0 Å². The Balaban J connectivity index is 1.61. The van der Waals surface area contributed by atoms with E-state index in [9.17, 15) is 9.18 Å². The van der Waals surface area contributed by atoms with Gasteiger partial charge in [-0.05, 0) is 47.0 Å². The molecule has 30 heavy (non-hydrogen) atoms. The maximum atomic E-state index is 13.0. The summed E-state index contributed by atoms with van der Waals surface area (Å²) in [5, 5.41) is 12.8. The summed E-state index contributed by atoms with van der Waals surface area (Å²) in [7, 11) is 1.55. The Bertz CT molecular complexity index is 1010. The van der Waals surface area contributed by atoms with E-state index in [2.05, 4.69) is 5.32 Å². The molecule has 0 heterocycles. The number of carboxylic acids is 1. The lowest BCUT2D eigenvalue weighted by Crippen LogP contribution is -2.13. The molecule has 0 amide bonds. The van der Waals surface area contributed by atoms with Crippen molar-refractivity contribution in [2.45, 2.75) is 19.7 Å². The molecule has 0 saturated heterocycles. The summed E-state index contributed by atoms with van der Waals surface area (Å²) in [6.45, 7) is 1.31. The zero-order valence-electron chi connectivity index (χ0n) is 16.3. The van der Waals surface area contributed by atoms with Gasteiger partial charge in [0.05, 0.1) is 12.7 Å². The third kappa shape index (κ3) is 5.72. The van der Waals surface area contributed by atoms with Crippen LogP contribution in [-0.2, 0) is 19.7 Å². The normalized spacial score (nSPS) is 10.6. The maximum Gasteiger partial charge on any atom is 0.335 e. The third-order valence-electron chi connectivity index (χ3n) is 4.49. The van der Waals surface area contributed by atoms with Crippen molar-refractivity contribution in [1.82, 2.24) is 5.32 Å². The molecule has 0 aliphatic heterocycles. The monoisotopic (exact) mass is 429 g/mol. The first-order valence-corrected chi connectivity index (χ1v) is 9.60. The number of carbonyl (C=O) groups is 1. The Kier molecular flexibility index (Phi) is 7.27. The largest absolute Gasteiger partial charge is 0.493 e. The zero-order valence-corrected chi connectivity index (χ0v) is 17.1. The molecule has 2 N–H and O–H groups in total. The number of aromatic carboxylic acids is 1. The molecule has 0 spiro atoms. The van der Waals surface area contributed by atoms with Gasteiger partial charge in [-0.3, -0.25) is 0 Å². The van der Waals surface area contributed by atoms with Gasteiger partial charge in [0.1, 0.15) is 12.4 Å². The van der Waals surface area contributed by atoms with Crippen LogP contribution in [0.5, 0.6) is 11.5 Å². The fraction of sp³-hybridized carbons (Fsp3) is 0.174. The van der Waals surface area contributed by atoms with Gasteiger partial charge in [-0.2, -0.15) is 0 Å². The molecule has 0 radical (unpaired) electrons. The molecule has 156 valence electrons. The van der Waals surface area contributed by atoms with Crippen molar-refractivity contribution in [2.24, 2.45) is 0 Å². The molecule has 0 aromatic heterocycles. The SMILES string of the molecule is COc1cc(CNCc2ccc(C(=O)O)cc2)c(Cl)cc1OCc1ccc(F)cc1. The van der Waals surface area contributed by atoms with Crippen LogP contribution in [0, 0.1) is 5.82 Å². The number of halogens is 2. The smallest absolute Gasteiger partial charge is 0.335 e. The quantitative estimate of drug-likeness (QED) is 0.498. The number of ether oxygens (including phenoxy) is 2. The van der Waals surface area contributed by atoms with Crippen molar-refractivity contribution in [1.29, 1.82) is 0 Å². The van der Waals surface area contributed by atoms with E-state index in [0.717, 1.165) is 16.7 Å². The van der Waals surface area contributed by atoms with Crippen LogP contribution in [-0.4, -0.2) is 18.2 Å². The number of carboxylic acid groups (broad SMARTS) is 1. The highest BCUT2D eigenvalue weighted by Gasteiger charge is 2.11. The van der Waals surface area contributed by atoms with E-state index in [1.165, 1.54) is 12.1 Å². The summed E-state index contributed by atoms with van der Waals surface area (Å²) >= 11 is 6.41. The number of nitrogens with one attached hydrogen (secondary N) is 1. The predicted molar refractivity (Wildman–Crippen MR) is 113 cm³/mol. The molecule has 0 atom stereocenters. The molecule has 0 aliphatic carbocycles. The first kappa shape index (κ1) is 21.6. The van der Waals surface area contributed by atoms with Crippen LogP contribution in [0.15, 0.2) is 60.7 Å². The molecule has 7 heteroatoms. The first-order chi connectivity index (χ1) is 14.5. The van der Waals surface area contributed by atoms with E-state index in [1.807, 2.05) is 6.07 Å². The maximum absolute atomic E-state index is 13.0. The molecule has 3 aromatic rings. The van der Waals surface area contributed by atoms with E-state index in [1.54, 1.807) is 49.6 Å². The number of methoxy groups -OCH3 is 1. The van der Waals surface area contributed by atoms with Gasteiger partial charge in [-0.15, -0.1) is 0 Å². The second-order valence-corrected chi connectivity index (χ2v) is 7.02. The average molecular weight is 430 g/mol. The van der Waals surface area contributed by atoms with E-state index in [0.29, 0.717) is 29.6 Å². The van der Waals surface area contributed by atoms with Gasteiger partial charge < -0.3 is 19.9 Å². The minimum Gasteiger partial charge on any atom is -0.493 e. The zero-order chi connectivity index (χ0) is 21.5. The fourth-order valence-corrected chi connectivity index (χ4v) is 3.05. The fourth-order valence-electron chi connectivity index (χ4n) is 2.83. The second-order valence-electron chi connectivity index (χ2n) is 6.62. The summed E-state index contributed by atoms with van der Waals surface area (Å²) < 4.78 is 24.2. The van der Waals surface area contributed by atoms with Crippen LogP contribution in [0.4, 0.5) is 4.39 Å². The molecular weight excluding hydrogens is 409 g/mol. The highest BCUT2D eigenvalue weighted by Crippen LogP contribution is 2.34. The van der Waals surface area contributed by atoms with Crippen LogP contribution < -0.4 is 14.8 Å². The van der Waals surface area contributed by atoms with Gasteiger partial charge in [-0.25, -0.2) is 9.18 Å². The Morgan fingerprint density at radius 3 is 2.30 bits per heavy atom. The Morgan fingerprint density at radius 2 is 1.67 bits per heavy atom. The second kappa shape index (κ2) is 10.1. The van der Waals surface area contributed by atoms with Gasteiger partial charge >= 0.3 is 5.97 Å². The Labute approximate surface area is 179 Å². The lowest BCUT2D eigenvalue weighted by atomic mass is 10.1. The average Bonchev–Trinajstić information content (AvgIpc) is 2.75. The topological polar surface area (TPSA) is 67.8 Å². The van der Waals surface area contributed by atoms with Crippen LogP contribution >= 0.6 is 11.6 Å². The van der Waals surface area contributed by atoms with Crippen molar-refractivity contribution in [3.05, 3.63) is 93.8 Å². The number of rotatable bonds is 9. The summed E-state index contributed by atoms with van der Waals surface area (Å²) in [4.78, 5) is 10.9. The Hall–Kier alpha value is -3.09. The minimum absolute atomic E-state index is 0.253. The highest BCUT2D eigenvalue weighted by atomic mass is 35.5. The molecule has 0 unspecified atom stereocenters. The molecular formula is C23H21ClFNO4. The van der Waals surface area contributed by atoms with Crippen molar-refractivity contribution >= 4 is 17.6 Å². The molecule has 5 nitrogen and oxygen atoms in total. The number of benzene rings is 3. The molecule has 0 fully saturated rings. The van der Waals surface area contributed by atoms with E-state index < -0.39 is 5.97 Å². The van der Waals surface area contributed by atoms with Gasteiger partial charge in [0, 0.05) is 24.2 Å².